The van der Waals surface area contributed by atoms with E-state index in [-0.39, 0.29) is 5.91 Å². The van der Waals surface area contributed by atoms with E-state index in [9.17, 15) is 14.7 Å². The molecule has 4 heteroatoms. The van der Waals surface area contributed by atoms with Crippen LogP contribution in [0.1, 0.15) is 58.3 Å². The summed E-state index contributed by atoms with van der Waals surface area (Å²) in [6, 6.07) is 8.16. The van der Waals surface area contributed by atoms with Crippen molar-refractivity contribution in [1.82, 2.24) is 0 Å². The van der Waals surface area contributed by atoms with E-state index < -0.39 is 12.0 Å². The molecule has 0 radical (unpaired) electrons. The number of allylic oxidation sites excluding steroid dienone is 1. The minimum atomic E-state index is -0.991. The second-order valence-corrected chi connectivity index (χ2v) is 6.06. The molecule has 24 heavy (non-hydrogen) atoms. The molecule has 0 spiro atoms. The fraction of sp³-hybridized carbons (Fsp3) is 0.500. The predicted molar refractivity (Wildman–Crippen MR) is 98.2 cm³/mol. The maximum atomic E-state index is 12.5. The molecule has 4 nitrogen and oxygen atoms in total. The van der Waals surface area contributed by atoms with E-state index in [1.165, 1.54) is 24.2 Å². The number of aliphatic carboxylic acids is 1. The zero-order valence-electron chi connectivity index (χ0n) is 14.6. The van der Waals surface area contributed by atoms with Crippen molar-refractivity contribution in [2.45, 2.75) is 64.3 Å². The van der Waals surface area contributed by atoms with E-state index in [4.69, 9.17) is 0 Å². The Bertz CT molecular complexity index is 513. The summed E-state index contributed by atoms with van der Waals surface area (Å²) in [6.07, 6.45) is 9.88. The molecule has 1 amide bonds. The lowest BCUT2D eigenvalue weighted by Crippen LogP contribution is -2.43. The van der Waals surface area contributed by atoms with Gasteiger partial charge in [-0.3, -0.25) is 9.69 Å². The Morgan fingerprint density at radius 2 is 1.67 bits per heavy atom. The fourth-order valence-corrected chi connectivity index (χ4v) is 2.68. The molecule has 1 aromatic rings. The summed E-state index contributed by atoms with van der Waals surface area (Å²) < 4.78 is 0. The summed E-state index contributed by atoms with van der Waals surface area (Å²) in [5.41, 5.74) is 0.641. The van der Waals surface area contributed by atoms with Crippen LogP contribution in [0.25, 0.3) is 0 Å². The van der Waals surface area contributed by atoms with E-state index >= 15 is 0 Å². The molecule has 0 bridgehead atoms. The van der Waals surface area contributed by atoms with Crippen molar-refractivity contribution >= 4 is 17.6 Å². The summed E-state index contributed by atoms with van der Waals surface area (Å²) in [7, 11) is 0. The number of rotatable bonds is 12. The van der Waals surface area contributed by atoms with Crippen molar-refractivity contribution in [3.05, 3.63) is 43.0 Å². The molecular formula is C20H29NO3. The molecule has 0 aliphatic carbocycles. The van der Waals surface area contributed by atoms with Crippen LogP contribution in [0.2, 0.25) is 0 Å². The number of benzene rings is 1. The number of para-hydroxylation sites is 1. The molecule has 1 N–H and O–H groups in total. The van der Waals surface area contributed by atoms with Crippen molar-refractivity contribution < 1.29 is 14.7 Å². The van der Waals surface area contributed by atoms with E-state index in [0.717, 1.165) is 25.7 Å². The number of amides is 1. The zero-order valence-corrected chi connectivity index (χ0v) is 14.6. The number of hydrogen-bond acceptors (Lipinski definition) is 2. The molecule has 1 atom stereocenters. The highest BCUT2D eigenvalue weighted by molar-refractivity contribution is 5.98. The molecule has 1 rings (SSSR count). The van der Waals surface area contributed by atoms with Gasteiger partial charge in [-0.25, -0.2) is 4.79 Å². The highest BCUT2D eigenvalue weighted by atomic mass is 16.4. The Kier molecular flexibility index (Phi) is 9.51. The van der Waals surface area contributed by atoms with Gasteiger partial charge in [-0.1, -0.05) is 50.0 Å². The van der Waals surface area contributed by atoms with Gasteiger partial charge in [0.1, 0.15) is 6.04 Å². The average Bonchev–Trinajstić information content (AvgIpc) is 2.58. The third-order valence-electron chi connectivity index (χ3n) is 4.10. The number of carbonyl (C=O) groups excluding carboxylic acids is 1. The van der Waals surface area contributed by atoms with Crippen molar-refractivity contribution in [2.24, 2.45) is 0 Å². The monoisotopic (exact) mass is 331 g/mol. The Balaban J connectivity index is 2.45. The van der Waals surface area contributed by atoms with Crippen molar-refractivity contribution in [3.63, 3.8) is 0 Å². The van der Waals surface area contributed by atoms with Crippen LogP contribution in [0.3, 0.4) is 0 Å². The first kappa shape index (κ1) is 19.9. The highest BCUT2D eigenvalue weighted by Crippen LogP contribution is 2.19. The number of unbranched alkanes of at least 4 members (excludes halogenated alkanes) is 6. The smallest absolute Gasteiger partial charge is 0.326 e. The second-order valence-electron chi connectivity index (χ2n) is 6.06. The Morgan fingerprint density at radius 1 is 1.08 bits per heavy atom. The first-order valence-corrected chi connectivity index (χ1v) is 8.78. The van der Waals surface area contributed by atoms with Gasteiger partial charge in [0.05, 0.1) is 0 Å². The largest absolute Gasteiger partial charge is 0.480 e. The summed E-state index contributed by atoms with van der Waals surface area (Å²) in [6.45, 7) is 5.26. The molecule has 0 aliphatic heterocycles. The normalized spacial score (nSPS) is 11.7. The van der Waals surface area contributed by atoms with E-state index in [1.807, 2.05) is 24.3 Å². The van der Waals surface area contributed by atoms with Crippen LogP contribution < -0.4 is 4.90 Å². The summed E-state index contributed by atoms with van der Waals surface area (Å²) in [5.74, 6) is -1.11. The Labute approximate surface area is 145 Å². The topological polar surface area (TPSA) is 57.6 Å². The van der Waals surface area contributed by atoms with Crippen molar-refractivity contribution in [3.8, 4) is 0 Å². The highest BCUT2D eigenvalue weighted by Gasteiger charge is 2.26. The van der Waals surface area contributed by atoms with Crippen LogP contribution in [0, 0.1) is 0 Å². The molecule has 0 heterocycles. The summed E-state index contributed by atoms with van der Waals surface area (Å²) in [5, 5.41) is 9.27. The van der Waals surface area contributed by atoms with Gasteiger partial charge in [0.25, 0.3) is 0 Å². The molecule has 132 valence electrons. The SMILES string of the molecule is C=CCCCCCCCCC(=O)N(c1ccccc1)C(C)C(=O)O. The molecule has 1 unspecified atom stereocenters. The molecule has 0 fully saturated rings. The van der Waals surface area contributed by atoms with Gasteiger partial charge >= 0.3 is 5.97 Å². The van der Waals surface area contributed by atoms with Crippen LogP contribution >= 0.6 is 0 Å². The minimum Gasteiger partial charge on any atom is -0.480 e. The van der Waals surface area contributed by atoms with E-state index in [1.54, 1.807) is 19.1 Å². The lowest BCUT2D eigenvalue weighted by atomic mass is 10.1. The van der Waals surface area contributed by atoms with Crippen LogP contribution in [0.15, 0.2) is 43.0 Å². The standard InChI is InChI=1S/C20H29NO3/c1-3-4-5-6-7-8-9-13-16-19(22)21(17(2)20(23)24)18-14-11-10-12-15-18/h3,10-12,14-15,17H,1,4-9,13,16H2,2H3,(H,23,24). The van der Waals surface area contributed by atoms with Crippen LogP contribution in [0.5, 0.6) is 0 Å². The zero-order chi connectivity index (χ0) is 17.8. The average molecular weight is 331 g/mol. The quantitative estimate of drug-likeness (QED) is 0.442. The Hall–Kier alpha value is -2.10. The number of carboxylic acid groups (broad SMARTS) is 1. The maximum Gasteiger partial charge on any atom is 0.326 e. The molecule has 0 aliphatic rings. The molecule has 1 aromatic carbocycles. The lowest BCUT2D eigenvalue weighted by Gasteiger charge is -2.26. The van der Waals surface area contributed by atoms with Crippen LogP contribution in [-0.4, -0.2) is 23.0 Å². The third kappa shape index (κ3) is 6.99. The molecule has 0 saturated heterocycles. The molecular weight excluding hydrogens is 302 g/mol. The van der Waals surface area contributed by atoms with Gasteiger partial charge in [-0.05, 0) is 38.3 Å². The summed E-state index contributed by atoms with van der Waals surface area (Å²) >= 11 is 0. The van der Waals surface area contributed by atoms with Gasteiger partial charge in [0.15, 0.2) is 0 Å². The maximum absolute atomic E-state index is 12.5. The van der Waals surface area contributed by atoms with Gasteiger partial charge in [0, 0.05) is 12.1 Å². The van der Waals surface area contributed by atoms with E-state index in [2.05, 4.69) is 6.58 Å². The van der Waals surface area contributed by atoms with Gasteiger partial charge in [0.2, 0.25) is 5.91 Å². The Morgan fingerprint density at radius 3 is 2.25 bits per heavy atom. The number of nitrogens with zero attached hydrogens (tertiary/aromatic N) is 1. The fourth-order valence-electron chi connectivity index (χ4n) is 2.68. The van der Waals surface area contributed by atoms with Crippen LogP contribution in [-0.2, 0) is 9.59 Å². The van der Waals surface area contributed by atoms with Crippen LogP contribution in [0.4, 0.5) is 5.69 Å². The van der Waals surface area contributed by atoms with Gasteiger partial charge in [-0.15, -0.1) is 6.58 Å². The second kappa shape index (κ2) is 11.4. The van der Waals surface area contributed by atoms with E-state index in [0.29, 0.717) is 12.1 Å². The van der Waals surface area contributed by atoms with Crippen molar-refractivity contribution in [2.75, 3.05) is 4.90 Å². The van der Waals surface area contributed by atoms with Gasteiger partial charge in [-0.2, -0.15) is 0 Å². The molecule has 0 aromatic heterocycles. The molecule has 0 saturated carbocycles. The number of hydrogen-bond donors (Lipinski definition) is 1. The lowest BCUT2D eigenvalue weighted by molar-refractivity contribution is -0.139. The third-order valence-corrected chi connectivity index (χ3v) is 4.10. The first-order valence-electron chi connectivity index (χ1n) is 8.78. The first-order chi connectivity index (χ1) is 11.6. The number of carbonyl (C=O) groups is 2. The van der Waals surface area contributed by atoms with Crippen molar-refractivity contribution in [1.29, 1.82) is 0 Å². The predicted octanol–water partition coefficient (Wildman–Crippen LogP) is 4.80. The minimum absolute atomic E-state index is 0.122. The summed E-state index contributed by atoms with van der Waals surface area (Å²) in [4.78, 5) is 25.2. The number of anilines is 1. The number of carboxylic acids is 1. The van der Waals surface area contributed by atoms with Gasteiger partial charge < -0.3 is 5.11 Å².